The number of aromatic hydroxyl groups is 1. The molecule has 0 radical (unpaired) electrons. The normalized spacial score (nSPS) is 16.2. The lowest BCUT2D eigenvalue weighted by Crippen LogP contribution is -2.63. The van der Waals surface area contributed by atoms with Crippen LogP contribution >= 0.6 is 25.3 Å². The van der Waals surface area contributed by atoms with Crippen LogP contribution in [0.25, 0.3) is 0 Å². The summed E-state index contributed by atoms with van der Waals surface area (Å²) in [7, 11) is 0. The first-order valence-electron chi connectivity index (χ1n) is 46.4. The summed E-state index contributed by atoms with van der Waals surface area (Å²) in [5, 5.41) is 144. The van der Waals surface area contributed by atoms with Crippen molar-refractivity contribution in [3.63, 3.8) is 0 Å². The maximum Gasteiger partial charge on any atom is 0.326 e. The second-order valence-corrected chi connectivity index (χ2v) is 35.5. The fourth-order valence-corrected chi connectivity index (χ4v) is 14.3. The Balaban J connectivity index is 2.30. The number of benzene rings is 1. The summed E-state index contributed by atoms with van der Waals surface area (Å²) in [6, 6.07) is -23.0. The predicted octanol–water partition coefficient (Wildman–Crippen LogP) is -14.8. The number of primary amides is 1. The zero-order chi connectivity index (χ0) is 111. The average molecular weight is 2110 g/mol. The van der Waals surface area contributed by atoms with E-state index < -0.39 is 332 Å². The van der Waals surface area contributed by atoms with Gasteiger partial charge < -0.3 is 181 Å². The van der Waals surface area contributed by atoms with Gasteiger partial charge in [-0.1, -0.05) is 46.2 Å². The molecule has 1 fully saturated rings. The molecule has 2 rings (SSSR count). The largest absolute Gasteiger partial charge is 0.508 e. The van der Waals surface area contributed by atoms with Crippen molar-refractivity contribution in [2.45, 2.75) is 267 Å². The number of carbonyl (C=O) groups excluding carboxylic acids is 20. The maximum atomic E-state index is 14.4. The Kier molecular flexibility index (Phi) is 57.0. The number of nitrogens with zero attached hydrogens (tertiary/aromatic N) is 1. The van der Waals surface area contributed by atoms with E-state index in [0.29, 0.717) is 0 Å². The minimum Gasteiger partial charge on any atom is -0.508 e. The number of aliphatic carboxylic acids is 2. The lowest BCUT2D eigenvalue weighted by atomic mass is 9.97. The molecule has 1 aromatic carbocycles. The van der Waals surface area contributed by atoms with Crippen LogP contribution in [0.5, 0.6) is 5.75 Å². The van der Waals surface area contributed by atoms with Crippen molar-refractivity contribution < 1.29 is 141 Å². The van der Waals surface area contributed by atoms with Crippen LogP contribution in [0.2, 0.25) is 0 Å². The third kappa shape index (κ3) is 47.0. The molecule has 61 heteroatoms. The number of aliphatic hydroxyl groups excluding tert-OH is 4. The molecular weight excluding hydrogens is 1970 g/mol. The van der Waals surface area contributed by atoms with Crippen molar-refractivity contribution >= 4 is 173 Å². The highest BCUT2D eigenvalue weighted by Gasteiger charge is 2.43. The minimum absolute atomic E-state index is 0.00845. The molecule has 0 spiro atoms. The Hall–Kier alpha value is -14.3. The molecule has 0 bridgehead atoms. The van der Waals surface area contributed by atoms with Crippen LogP contribution in [0.15, 0.2) is 24.3 Å². The van der Waals surface area contributed by atoms with Crippen LogP contribution in [0, 0.1) is 28.1 Å². The fourth-order valence-electron chi connectivity index (χ4n) is 13.8. The summed E-state index contributed by atoms with van der Waals surface area (Å²) in [6.07, 6.45) is -7.65. The Morgan fingerprint density at radius 2 is 0.808 bits per heavy atom. The second kappa shape index (κ2) is 65.1. The van der Waals surface area contributed by atoms with Crippen molar-refractivity contribution in [3.05, 3.63) is 29.8 Å². The van der Waals surface area contributed by atoms with Crippen LogP contribution in [0.3, 0.4) is 0 Å². The molecule has 20 amide bonds. The number of nitrogens with one attached hydrogen (secondary N) is 24. The van der Waals surface area contributed by atoms with Gasteiger partial charge in [0.25, 0.3) is 0 Å². The standard InChI is InChI=1S/C85H142N30O29S2/c1-10-38(4)62(79(140)114-64(42(8)118)80(141)100-40(6)67(128)102-46(15-11-23-94-83(88)89)68(129)99-33-60(124)115-26-14-18-56(115)77(138)110-55(36-146)76(137)113-65(43(9)119)81(142)104-48(82(143)144)17-13-25-96-85(92)93)111-73(134)52(30-61(125)126)107-75(136)54(35-145)109-74(135)53(34-116)108-71(132)50(28-44-19-21-45(120)22-20-44)106-70(131)49(27-37(2)3)101-59(123)32-97-58(122)31-98-78(139)63(41(7)117)112-69(130)47(16-12-24-95-84(90)91)103-72(133)51(29-57(87)121)105-66(127)39(5)86/h19-22,37-43,46-56,62-65,116-120,145-146H,10-18,23-36,86H2,1-9H3,(H2,87,121)(H,97,122)(H,98,139)(H,99,129)(H,100,141)(H,101,123)(H,102,128)(H,103,133)(H,104,142)(H,105,127)(H,106,131)(H,107,136)(H,108,132)(H,109,135)(H,110,138)(H,111,134)(H,112,130)(H,113,137)(H,114,140)(H,125,126)(H,143,144)(H4,88,89,94)(H4,90,91,95)(H4,92,93,96)/t38-,39-,40-,41+,42+,43+,46-,47-,48-,49-,50-,51-,52-,53-,54-,55-,56-,62-,63-,64-,65-/m0/s1. The number of carboxylic acids is 2. The number of likely N-dealkylation sites (tertiary alicyclic amines) is 1. The van der Waals surface area contributed by atoms with Crippen molar-refractivity contribution in [1.82, 2.24) is 117 Å². The van der Waals surface area contributed by atoms with Crippen LogP contribution in [0.1, 0.15) is 145 Å². The average Bonchev–Trinajstić information content (AvgIpc) is 1.64. The van der Waals surface area contributed by atoms with Crippen molar-refractivity contribution in [1.29, 1.82) is 16.2 Å². The van der Waals surface area contributed by atoms with Crippen molar-refractivity contribution in [3.8, 4) is 5.75 Å². The van der Waals surface area contributed by atoms with Gasteiger partial charge in [-0.15, -0.1) is 0 Å². The molecule has 1 aliphatic heterocycles. The van der Waals surface area contributed by atoms with Gasteiger partial charge in [0.1, 0.15) is 102 Å². The Morgan fingerprint density at radius 3 is 1.30 bits per heavy atom. The highest BCUT2D eigenvalue weighted by molar-refractivity contribution is 7.80. The third-order valence-corrected chi connectivity index (χ3v) is 22.7. The van der Waals surface area contributed by atoms with Gasteiger partial charge in [0, 0.05) is 44.1 Å². The summed E-state index contributed by atoms with van der Waals surface area (Å²) in [5.41, 5.74) is 27.2. The molecule has 1 heterocycles. The van der Waals surface area contributed by atoms with Crippen molar-refractivity contribution in [2.75, 3.05) is 63.9 Å². The molecule has 1 aliphatic rings. The van der Waals surface area contributed by atoms with Crippen molar-refractivity contribution in [2.24, 2.45) is 40.5 Å². The van der Waals surface area contributed by atoms with E-state index in [2.05, 4.69) is 137 Å². The third-order valence-electron chi connectivity index (χ3n) is 22.0. The van der Waals surface area contributed by atoms with Gasteiger partial charge in [-0.05, 0) is 122 Å². The number of phenolic OH excluding ortho intramolecular Hbond substituents is 1. The first-order valence-corrected chi connectivity index (χ1v) is 47.7. The van der Waals surface area contributed by atoms with Crippen LogP contribution in [-0.4, -0.2) is 374 Å². The van der Waals surface area contributed by atoms with Crippen LogP contribution in [0.4, 0.5) is 0 Å². The zero-order valence-corrected chi connectivity index (χ0v) is 83.9. The molecule has 0 aromatic heterocycles. The van der Waals surface area contributed by atoms with Gasteiger partial charge in [-0.25, -0.2) is 4.79 Å². The number of thiol groups is 2. The number of phenols is 1. The quantitative estimate of drug-likeness (QED) is 0.0125. The maximum absolute atomic E-state index is 14.4. The highest BCUT2D eigenvalue weighted by Crippen LogP contribution is 2.20. The van der Waals surface area contributed by atoms with E-state index in [1.165, 1.54) is 38.1 Å². The lowest BCUT2D eigenvalue weighted by Gasteiger charge is -2.30. The molecule has 41 N–H and O–H groups in total. The van der Waals surface area contributed by atoms with Crippen LogP contribution in [-0.2, 0) is 112 Å². The Bertz CT molecular complexity index is 4710. The SMILES string of the molecule is CC[C@H](C)[C@H](NC(=O)[C@H](CC(=O)O)NC(=O)[C@H](CS)NC(=O)[C@H](CO)NC(=O)[C@H](Cc1ccc(O)cc1)NC(=O)[C@H](CC(C)C)NC(=O)CNC(=O)CNC(=O)[C@@H](NC(=O)[C@H](CCCNC(=N)N)NC(=O)[C@H](CC(N)=O)NC(=O)[C@H](C)N)[C@@H](C)O)C(=O)N[C@H](C(=O)N[C@@H](C)C(=O)N[C@@H](CCCNC(=N)N)C(=O)NCC(=O)N1CCC[C@H]1C(=O)N[C@@H](CS)C(=O)N[C@H](C(=O)N[C@@H](CCCNC(=N)N)C(=O)O)[C@@H](C)O)[C@@H](C)O. The number of rotatable bonds is 66. The Labute approximate surface area is 850 Å². The van der Waals surface area contributed by atoms with Gasteiger partial charge in [-0.2, -0.15) is 25.3 Å². The monoisotopic (exact) mass is 2110 g/mol. The molecule has 146 heavy (non-hydrogen) atoms. The van der Waals surface area contributed by atoms with E-state index in [9.17, 15) is 141 Å². The predicted molar refractivity (Wildman–Crippen MR) is 524 cm³/mol. The van der Waals surface area contributed by atoms with E-state index >= 15 is 0 Å². The number of aliphatic hydroxyl groups is 4. The fraction of sp³-hybridized carbons (Fsp3) is 0.635. The first-order chi connectivity index (χ1) is 68.4. The molecule has 818 valence electrons. The van der Waals surface area contributed by atoms with E-state index in [0.717, 1.165) is 32.6 Å². The molecule has 1 aromatic rings. The van der Waals surface area contributed by atoms with Gasteiger partial charge in [0.2, 0.25) is 118 Å². The minimum atomic E-state index is -2.10. The van der Waals surface area contributed by atoms with E-state index in [-0.39, 0.29) is 108 Å². The van der Waals surface area contributed by atoms with E-state index in [4.69, 9.17) is 44.9 Å². The molecule has 1 saturated heterocycles. The summed E-state index contributed by atoms with van der Waals surface area (Å²) in [6.45, 7) is 8.22. The number of carbonyl (C=O) groups is 22. The summed E-state index contributed by atoms with van der Waals surface area (Å²) in [5.74, 6) is -28.8. The number of guanidine groups is 3. The Morgan fingerprint density at radius 1 is 0.418 bits per heavy atom. The number of amides is 20. The first kappa shape index (κ1) is 128. The number of hydrogen-bond acceptors (Lipinski definition) is 33. The molecule has 0 unspecified atom stereocenters. The van der Waals surface area contributed by atoms with Crippen LogP contribution < -0.4 is 140 Å². The smallest absolute Gasteiger partial charge is 0.326 e. The highest BCUT2D eigenvalue weighted by atomic mass is 32.1. The number of hydrogen-bond donors (Lipinski definition) is 38. The summed E-state index contributed by atoms with van der Waals surface area (Å²) >= 11 is 8.30. The molecule has 0 aliphatic carbocycles. The van der Waals surface area contributed by atoms with E-state index in [1.54, 1.807) is 20.8 Å². The van der Waals surface area contributed by atoms with Gasteiger partial charge in [0.05, 0.1) is 63.4 Å². The van der Waals surface area contributed by atoms with Gasteiger partial charge in [-0.3, -0.25) is 117 Å². The number of nitrogens with two attached hydrogens (primary N) is 5. The molecular formula is C85H142N30O29S2. The van der Waals surface area contributed by atoms with Gasteiger partial charge in [0.15, 0.2) is 17.9 Å². The van der Waals surface area contributed by atoms with E-state index in [1.807, 2.05) is 0 Å². The number of carboxylic acid groups (broad SMARTS) is 2. The molecule has 0 saturated carbocycles. The lowest BCUT2D eigenvalue weighted by molar-refractivity contribution is -0.143. The molecule has 59 nitrogen and oxygen atoms in total. The summed E-state index contributed by atoms with van der Waals surface area (Å²) < 4.78 is 0. The summed E-state index contributed by atoms with van der Waals surface area (Å²) in [4.78, 5) is 299. The van der Waals surface area contributed by atoms with Gasteiger partial charge >= 0.3 is 11.9 Å². The molecule has 21 atom stereocenters. The zero-order valence-electron chi connectivity index (χ0n) is 82.1. The second-order valence-electron chi connectivity index (χ2n) is 34.8. The topological polar surface area (TPSA) is 975 Å².